The predicted octanol–water partition coefficient (Wildman–Crippen LogP) is 4.45. The lowest BCUT2D eigenvalue weighted by Gasteiger charge is -2.17. The van der Waals surface area contributed by atoms with Crippen LogP contribution in [-0.4, -0.2) is 11.8 Å². The summed E-state index contributed by atoms with van der Waals surface area (Å²) < 4.78 is 0. The van der Waals surface area contributed by atoms with Crippen molar-refractivity contribution in [1.29, 1.82) is 0 Å². The Morgan fingerprint density at radius 1 is 0.706 bits per heavy atom. The highest BCUT2D eigenvalue weighted by Gasteiger charge is 2.12. The maximum atomic E-state index is 4.64. The topological polar surface area (TPSA) is 12.4 Å². The molecule has 0 fully saturated rings. The van der Waals surface area contributed by atoms with Crippen LogP contribution in [0.4, 0.5) is 0 Å². The van der Waals surface area contributed by atoms with E-state index in [0.29, 0.717) is 0 Å². The van der Waals surface area contributed by atoms with E-state index in [1.165, 1.54) is 33.4 Å². The molecule has 1 nitrogen and oxygen atoms in total. The highest BCUT2D eigenvalue weighted by atomic mass is 14.8. The third-order valence-corrected chi connectivity index (χ3v) is 3.64. The molecule has 1 aromatic rings. The van der Waals surface area contributed by atoms with Gasteiger partial charge in [0.2, 0.25) is 0 Å². The lowest BCUT2D eigenvalue weighted by Crippen LogP contribution is -2.11. The van der Waals surface area contributed by atoms with E-state index in [2.05, 4.69) is 60.4 Å². The molecule has 1 heteroatoms. The van der Waals surface area contributed by atoms with Crippen LogP contribution in [0.25, 0.3) is 0 Å². The first-order chi connectivity index (χ1) is 7.65. The molecular weight excluding hydrogens is 206 g/mol. The normalized spacial score (nSPS) is 12.5. The largest absolute Gasteiger partial charge is 0.287 e. The van der Waals surface area contributed by atoms with Gasteiger partial charge in [-0.05, 0) is 88.8 Å². The zero-order valence-corrected chi connectivity index (χ0v) is 12.5. The van der Waals surface area contributed by atoms with Crippen molar-refractivity contribution in [3.05, 3.63) is 33.4 Å². The van der Waals surface area contributed by atoms with Gasteiger partial charge in [0.15, 0.2) is 0 Å². The highest BCUT2D eigenvalue weighted by molar-refractivity contribution is 5.85. The van der Waals surface area contributed by atoms with Gasteiger partial charge in [-0.15, -0.1) is 0 Å². The first-order valence-electron chi connectivity index (χ1n) is 6.27. The van der Waals surface area contributed by atoms with Crippen LogP contribution in [0.1, 0.15) is 54.2 Å². The summed E-state index contributed by atoms with van der Waals surface area (Å²) in [6.07, 6.45) is 2.05. The molecule has 0 amide bonds. The van der Waals surface area contributed by atoms with E-state index >= 15 is 0 Å². The van der Waals surface area contributed by atoms with E-state index in [4.69, 9.17) is 0 Å². The molecule has 0 unspecified atom stereocenters. The van der Waals surface area contributed by atoms with Crippen LogP contribution in [-0.2, 0) is 0 Å². The molecule has 94 valence electrons. The minimum absolute atomic E-state index is 0.00836. The number of aliphatic imine (C=N–C) groups is 1. The molecule has 0 aliphatic heterocycles. The quantitative estimate of drug-likeness (QED) is 0.633. The number of hydrogen-bond acceptors (Lipinski definition) is 1. The average molecular weight is 231 g/mol. The summed E-state index contributed by atoms with van der Waals surface area (Å²) in [7, 11) is 0. The fourth-order valence-corrected chi connectivity index (χ4v) is 1.98. The summed E-state index contributed by atoms with van der Waals surface area (Å²) in [5.74, 6) is 0. The van der Waals surface area contributed by atoms with Gasteiger partial charge in [-0.1, -0.05) is 0 Å². The third-order valence-electron chi connectivity index (χ3n) is 3.64. The maximum Gasteiger partial charge on any atom is 0.0524 e. The van der Waals surface area contributed by atoms with Crippen LogP contribution in [0.15, 0.2) is 4.99 Å². The average Bonchev–Trinajstić information content (AvgIpc) is 2.22. The molecule has 0 saturated heterocycles. The second-order valence-corrected chi connectivity index (χ2v) is 5.97. The van der Waals surface area contributed by atoms with Gasteiger partial charge in [0.25, 0.3) is 0 Å². The van der Waals surface area contributed by atoms with E-state index in [1.807, 2.05) is 6.21 Å². The lowest BCUT2D eigenvalue weighted by atomic mass is 9.90. The van der Waals surface area contributed by atoms with Crippen molar-refractivity contribution in [1.82, 2.24) is 0 Å². The molecule has 0 saturated carbocycles. The molecule has 0 atom stereocenters. The number of hydrogen-bond donors (Lipinski definition) is 0. The lowest BCUT2D eigenvalue weighted by molar-refractivity contribution is 0.586. The Kier molecular flexibility index (Phi) is 3.81. The maximum absolute atomic E-state index is 4.64. The second-order valence-electron chi connectivity index (χ2n) is 5.97. The van der Waals surface area contributed by atoms with Crippen LogP contribution >= 0.6 is 0 Å². The van der Waals surface area contributed by atoms with Gasteiger partial charge < -0.3 is 0 Å². The molecule has 0 aliphatic carbocycles. The predicted molar refractivity (Wildman–Crippen MR) is 77.5 cm³/mol. The first-order valence-corrected chi connectivity index (χ1v) is 6.27. The van der Waals surface area contributed by atoms with Crippen molar-refractivity contribution < 1.29 is 0 Å². The Hall–Kier alpha value is -1.11. The van der Waals surface area contributed by atoms with E-state index in [1.54, 1.807) is 0 Å². The molecule has 0 N–H and O–H groups in total. The second kappa shape index (κ2) is 4.64. The van der Waals surface area contributed by atoms with E-state index in [0.717, 1.165) is 0 Å². The van der Waals surface area contributed by atoms with Crippen molar-refractivity contribution in [2.45, 2.75) is 60.9 Å². The van der Waals surface area contributed by atoms with E-state index in [-0.39, 0.29) is 5.54 Å². The van der Waals surface area contributed by atoms with Crippen LogP contribution in [0.5, 0.6) is 0 Å². The van der Waals surface area contributed by atoms with Crippen molar-refractivity contribution >= 4 is 6.21 Å². The van der Waals surface area contributed by atoms with Crippen LogP contribution in [0.2, 0.25) is 0 Å². The molecule has 0 heterocycles. The van der Waals surface area contributed by atoms with E-state index < -0.39 is 0 Å². The molecule has 1 rings (SSSR count). The molecule has 0 aromatic heterocycles. The summed E-state index contributed by atoms with van der Waals surface area (Å²) in [6, 6.07) is 0. The van der Waals surface area contributed by atoms with E-state index in [9.17, 15) is 0 Å². The summed E-state index contributed by atoms with van der Waals surface area (Å²) in [5, 5.41) is 0. The molecule has 17 heavy (non-hydrogen) atoms. The fraction of sp³-hybridized carbons (Fsp3) is 0.562. The highest BCUT2D eigenvalue weighted by Crippen LogP contribution is 2.25. The van der Waals surface area contributed by atoms with Crippen molar-refractivity contribution in [2.24, 2.45) is 4.99 Å². The molecule has 0 bridgehead atoms. The fourth-order valence-electron chi connectivity index (χ4n) is 1.98. The molecule has 0 aliphatic rings. The van der Waals surface area contributed by atoms with Gasteiger partial charge in [-0.25, -0.2) is 0 Å². The van der Waals surface area contributed by atoms with Gasteiger partial charge >= 0.3 is 0 Å². The van der Waals surface area contributed by atoms with Gasteiger partial charge in [0.1, 0.15) is 0 Å². The van der Waals surface area contributed by atoms with Crippen molar-refractivity contribution in [3.8, 4) is 0 Å². The number of nitrogens with zero attached hydrogens (tertiary/aromatic N) is 1. The zero-order chi connectivity index (χ0) is 13.4. The zero-order valence-electron chi connectivity index (χ0n) is 12.5. The van der Waals surface area contributed by atoms with Crippen molar-refractivity contribution in [2.75, 3.05) is 0 Å². The smallest absolute Gasteiger partial charge is 0.0524 e. The third kappa shape index (κ3) is 2.96. The summed E-state index contributed by atoms with van der Waals surface area (Å²) in [4.78, 5) is 4.64. The first kappa shape index (κ1) is 14.0. The summed E-state index contributed by atoms with van der Waals surface area (Å²) >= 11 is 0. The molecule has 1 aromatic carbocycles. The van der Waals surface area contributed by atoms with Crippen LogP contribution in [0.3, 0.4) is 0 Å². The molecule has 0 radical (unpaired) electrons. The number of rotatable bonds is 1. The minimum Gasteiger partial charge on any atom is -0.287 e. The Morgan fingerprint density at radius 3 is 1.41 bits per heavy atom. The Balaban J connectivity index is 3.40. The van der Waals surface area contributed by atoms with Crippen LogP contribution < -0.4 is 0 Å². The van der Waals surface area contributed by atoms with Gasteiger partial charge in [-0.2, -0.15) is 0 Å². The Labute approximate surface area is 106 Å². The van der Waals surface area contributed by atoms with Crippen LogP contribution in [0, 0.1) is 34.6 Å². The van der Waals surface area contributed by atoms with Gasteiger partial charge in [-0.3, -0.25) is 4.99 Å². The minimum atomic E-state index is -0.00836. The Bertz CT molecular complexity index is 430. The SMILES string of the molecule is Cc1c(C)c(C)c(C=NC(C)(C)C)c(C)c1C. The molecular formula is C16H25N. The monoisotopic (exact) mass is 231 g/mol. The summed E-state index contributed by atoms with van der Waals surface area (Å²) in [6.45, 7) is 17.4. The molecule has 0 spiro atoms. The van der Waals surface area contributed by atoms with Gasteiger partial charge in [0, 0.05) is 6.21 Å². The van der Waals surface area contributed by atoms with Crippen molar-refractivity contribution in [3.63, 3.8) is 0 Å². The van der Waals surface area contributed by atoms with Gasteiger partial charge in [0.05, 0.1) is 5.54 Å². The Morgan fingerprint density at radius 2 is 1.06 bits per heavy atom. The standard InChI is InChI=1S/C16H25N/c1-10-11(2)13(4)15(14(5)12(10)3)9-17-16(6,7)8/h9H,1-8H3. The number of benzene rings is 1. The summed E-state index contributed by atoms with van der Waals surface area (Å²) in [5.41, 5.74) is 8.20.